The molecule has 2 aromatic carbocycles. The number of nitrogens with zero attached hydrogens (tertiary/aromatic N) is 3. The lowest BCUT2D eigenvalue weighted by Gasteiger charge is -2.13. The highest BCUT2D eigenvalue weighted by Crippen LogP contribution is 2.35. The molecule has 0 spiro atoms. The highest BCUT2D eigenvalue weighted by Gasteiger charge is 2.43. The van der Waals surface area contributed by atoms with E-state index in [0.29, 0.717) is 6.07 Å². The van der Waals surface area contributed by atoms with Gasteiger partial charge in [0.25, 0.3) is 15.9 Å². The number of hydrogen-bond acceptors (Lipinski definition) is 6. The van der Waals surface area contributed by atoms with E-state index in [1.807, 2.05) is 0 Å². The van der Waals surface area contributed by atoms with Crippen molar-refractivity contribution in [1.29, 1.82) is 0 Å². The van der Waals surface area contributed by atoms with Crippen molar-refractivity contribution >= 4 is 39.1 Å². The number of amides is 1. The average Bonchev–Trinajstić information content (AvgIpc) is 3.15. The van der Waals surface area contributed by atoms with Crippen LogP contribution in [0.2, 0.25) is 10.0 Å². The number of carbonyl (C=O) groups is 1. The molecular formula is C17H9Cl2F5N4O4S. The van der Waals surface area contributed by atoms with Crippen LogP contribution in [0, 0.1) is 11.6 Å². The van der Waals surface area contributed by atoms with Gasteiger partial charge in [0.15, 0.2) is 11.4 Å². The fourth-order valence-electron chi connectivity index (χ4n) is 2.58. The molecule has 1 aromatic heterocycles. The monoisotopic (exact) mass is 530 g/mol. The molecule has 0 saturated carbocycles. The molecule has 0 saturated heterocycles. The third-order valence-corrected chi connectivity index (χ3v) is 5.97. The van der Waals surface area contributed by atoms with Gasteiger partial charge >= 0.3 is 6.18 Å². The van der Waals surface area contributed by atoms with Gasteiger partial charge < -0.3 is 4.74 Å². The van der Waals surface area contributed by atoms with Crippen LogP contribution >= 0.6 is 23.2 Å². The van der Waals surface area contributed by atoms with Gasteiger partial charge in [0.05, 0.1) is 22.8 Å². The maximum Gasteiger partial charge on any atom is 0.435 e. The summed E-state index contributed by atoms with van der Waals surface area (Å²) in [5.41, 5.74) is -3.57. The predicted molar refractivity (Wildman–Crippen MR) is 104 cm³/mol. The van der Waals surface area contributed by atoms with Crippen molar-refractivity contribution in [1.82, 2.24) is 19.7 Å². The number of aromatic nitrogens is 3. The molecule has 1 amide bonds. The van der Waals surface area contributed by atoms with Gasteiger partial charge in [0, 0.05) is 12.1 Å². The average molecular weight is 531 g/mol. The number of alkyl halides is 3. The summed E-state index contributed by atoms with van der Waals surface area (Å²) in [7, 11) is -3.83. The molecule has 0 atom stereocenters. The smallest absolute Gasteiger partial charge is 0.435 e. The SMILES string of the molecule is COc1ccc(-n2nnc(C(=O)NS(=O)(=O)c3cc(Cl)c(F)cc3F)c2C(F)(F)F)c(Cl)c1. The second-order valence-corrected chi connectivity index (χ2v) is 8.61. The summed E-state index contributed by atoms with van der Waals surface area (Å²) in [5.74, 6) is -4.61. The Labute approximate surface area is 191 Å². The van der Waals surface area contributed by atoms with Gasteiger partial charge in [-0.2, -0.15) is 13.2 Å². The Bertz CT molecular complexity index is 1360. The summed E-state index contributed by atoms with van der Waals surface area (Å²) in [6.45, 7) is 0. The van der Waals surface area contributed by atoms with Crippen LogP contribution in [0.1, 0.15) is 16.2 Å². The van der Waals surface area contributed by atoms with E-state index in [0.717, 1.165) is 6.07 Å². The Morgan fingerprint density at radius 2 is 1.76 bits per heavy atom. The normalized spacial score (nSPS) is 12.0. The van der Waals surface area contributed by atoms with Crippen LogP contribution in [0.25, 0.3) is 5.69 Å². The van der Waals surface area contributed by atoms with Crippen LogP contribution in [0.5, 0.6) is 5.75 Å². The van der Waals surface area contributed by atoms with Crippen LogP contribution < -0.4 is 9.46 Å². The van der Waals surface area contributed by atoms with Crippen molar-refractivity contribution in [3.05, 3.63) is 63.4 Å². The van der Waals surface area contributed by atoms with Crippen molar-refractivity contribution in [2.75, 3.05) is 7.11 Å². The molecule has 0 aliphatic heterocycles. The van der Waals surface area contributed by atoms with E-state index in [9.17, 15) is 35.2 Å². The van der Waals surface area contributed by atoms with E-state index >= 15 is 0 Å². The first-order valence-corrected chi connectivity index (χ1v) is 10.6. The molecule has 1 N–H and O–H groups in total. The summed E-state index contributed by atoms with van der Waals surface area (Å²) in [5, 5.41) is 5.32. The van der Waals surface area contributed by atoms with E-state index in [2.05, 4.69) is 10.3 Å². The first-order valence-electron chi connectivity index (χ1n) is 8.34. The van der Waals surface area contributed by atoms with E-state index in [1.54, 1.807) is 0 Å². The predicted octanol–water partition coefficient (Wildman–Crippen LogP) is 4.00. The van der Waals surface area contributed by atoms with E-state index in [-0.39, 0.29) is 27.2 Å². The first kappa shape index (κ1) is 24.7. The van der Waals surface area contributed by atoms with Crippen molar-refractivity contribution in [3.63, 3.8) is 0 Å². The molecule has 33 heavy (non-hydrogen) atoms. The lowest BCUT2D eigenvalue weighted by molar-refractivity contribution is -0.143. The van der Waals surface area contributed by atoms with Crippen LogP contribution in [0.15, 0.2) is 35.2 Å². The second-order valence-electron chi connectivity index (χ2n) is 6.14. The fourth-order valence-corrected chi connectivity index (χ4v) is 4.10. The van der Waals surface area contributed by atoms with E-state index < -0.39 is 55.0 Å². The number of halogens is 7. The lowest BCUT2D eigenvalue weighted by Crippen LogP contribution is -2.33. The van der Waals surface area contributed by atoms with Crippen molar-refractivity contribution in [2.45, 2.75) is 11.1 Å². The quantitative estimate of drug-likeness (QED) is 0.395. The van der Waals surface area contributed by atoms with Gasteiger partial charge in [-0.25, -0.2) is 26.6 Å². The minimum Gasteiger partial charge on any atom is -0.497 e. The van der Waals surface area contributed by atoms with Crippen LogP contribution in [-0.4, -0.2) is 36.4 Å². The van der Waals surface area contributed by atoms with Gasteiger partial charge in [-0.3, -0.25) is 4.79 Å². The number of methoxy groups -OCH3 is 1. The fraction of sp³-hybridized carbons (Fsp3) is 0.118. The zero-order valence-corrected chi connectivity index (χ0v) is 18.2. The van der Waals surface area contributed by atoms with Crippen LogP contribution in [0.3, 0.4) is 0 Å². The summed E-state index contributed by atoms with van der Waals surface area (Å²) in [4.78, 5) is 11.1. The number of rotatable bonds is 5. The van der Waals surface area contributed by atoms with Gasteiger partial charge in [0.1, 0.15) is 22.3 Å². The topological polar surface area (TPSA) is 103 Å². The number of carbonyl (C=O) groups excluding carboxylic acids is 1. The maximum atomic E-state index is 13.9. The van der Waals surface area contributed by atoms with Crippen molar-refractivity contribution in [2.24, 2.45) is 0 Å². The standard InChI is InChI=1S/C17H9Cl2F5N4O4S/c1-32-7-2-3-12(9(19)4-7)28-15(17(22,23)24)14(25-27-28)16(29)26-33(30,31)13-5-8(18)10(20)6-11(13)21/h2-6H,1H3,(H,26,29). The van der Waals surface area contributed by atoms with E-state index in [4.69, 9.17) is 27.9 Å². The summed E-state index contributed by atoms with van der Waals surface area (Å²) in [6, 6.07) is 4.00. The van der Waals surface area contributed by atoms with Crippen LogP contribution in [0.4, 0.5) is 22.0 Å². The van der Waals surface area contributed by atoms with Gasteiger partial charge in [-0.1, -0.05) is 28.4 Å². The lowest BCUT2D eigenvalue weighted by atomic mass is 10.2. The highest BCUT2D eigenvalue weighted by molar-refractivity contribution is 7.90. The van der Waals surface area contributed by atoms with Crippen molar-refractivity contribution in [3.8, 4) is 11.4 Å². The Hall–Kier alpha value is -2.97. The molecule has 176 valence electrons. The zero-order chi connectivity index (χ0) is 24.7. The first-order chi connectivity index (χ1) is 15.3. The second kappa shape index (κ2) is 8.76. The molecule has 1 heterocycles. The Morgan fingerprint density at radius 3 is 2.33 bits per heavy atom. The van der Waals surface area contributed by atoms with E-state index in [1.165, 1.54) is 24.0 Å². The molecule has 0 aliphatic rings. The Balaban J connectivity index is 2.07. The highest BCUT2D eigenvalue weighted by atomic mass is 35.5. The Morgan fingerprint density at radius 1 is 1.09 bits per heavy atom. The van der Waals surface area contributed by atoms with Gasteiger partial charge in [-0.05, 0) is 18.2 Å². The maximum absolute atomic E-state index is 13.9. The number of nitrogens with one attached hydrogen (secondary N) is 1. The molecule has 0 unspecified atom stereocenters. The van der Waals surface area contributed by atoms with Crippen LogP contribution in [-0.2, 0) is 16.2 Å². The largest absolute Gasteiger partial charge is 0.497 e. The molecule has 0 aliphatic carbocycles. The number of sulfonamides is 1. The number of benzene rings is 2. The van der Waals surface area contributed by atoms with Crippen molar-refractivity contribution < 1.29 is 39.9 Å². The number of hydrogen-bond donors (Lipinski definition) is 1. The molecule has 3 aromatic rings. The Kier molecular flexibility index (Phi) is 6.55. The molecule has 0 radical (unpaired) electrons. The number of ether oxygens (including phenoxy) is 1. The molecule has 3 rings (SSSR count). The third kappa shape index (κ3) is 4.86. The minimum absolute atomic E-state index is 0.129. The molecule has 0 fully saturated rings. The molecule has 8 nitrogen and oxygen atoms in total. The zero-order valence-electron chi connectivity index (χ0n) is 15.9. The molecule has 16 heteroatoms. The van der Waals surface area contributed by atoms with Gasteiger partial charge in [-0.15, -0.1) is 5.10 Å². The minimum atomic E-state index is -5.26. The summed E-state index contributed by atoms with van der Waals surface area (Å²) >= 11 is 11.4. The summed E-state index contributed by atoms with van der Waals surface area (Å²) in [6.07, 6.45) is -5.26. The molecular weight excluding hydrogens is 522 g/mol. The van der Waals surface area contributed by atoms with Gasteiger partial charge in [0.2, 0.25) is 0 Å². The third-order valence-electron chi connectivity index (χ3n) is 4.03. The molecule has 0 bridgehead atoms. The summed E-state index contributed by atoms with van der Waals surface area (Å²) < 4.78 is 99.5.